The Morgan fingerprint density at radius 2 is 2.07 bits per heavy atom. The van der Waals surface area contributed by atoms with Crippen LogP contribution in [0.15, 0.2) is 57.0 Å². The zero-order valence-corrected chi connectivity index (χ0v) is 18.3. The number of carbonyl (C=O) groups is 1. The summed E-state index contributed by atoms with van der Waals surface area (Å²) in [6, 6.07) is 12.0. The first kappa shape index (κ1) is 20.1. The van der Waals surface area contributed by atoms with Gasteiger partial charge < -0.3 is 0 Å². The van der Waals surface area contributed by atoms with Gasteiger partial charge in [0.1, 0.15) is 11.5 Å². The minimum absolute atomic E-state index is 0.256. The summed E-state index contributed by atoms with van der Waals surface area (Å²) in [5, 5.41) is 10.9. The molecule has 29 heavy (non-hydrogen) atoms. The molecule has 0 spiro atoms. The molecule has 0 saturated carbocycles. The fourth-order valence-electron chi connectivity index (χ4n) is 3.32. The van der Waals surface area contributed by atoms with Crippen LogP contribution in [-0.4, -0.2) is 21.8 Å². The van der Waals surface area contributed by atoms with E-state index >= 15 is 0 Å². The van der Waals surface area contributed by atoms with E-state index in [1.165, 1.54) is 17.8 Å². The monoisotopic (exact) mass is 474 g/mol. The molecule has 2 aliphatic rings. The summed E-state index contributed by atoms with van der Waals surface area (Å²) in [5.41, 5.74) is 0.759. The Bertz CT molecular complexity index is 1100. The smallest absolute Gasteiger partial charge is 0.276 e. The van der Waals surface area contributed by atoms with Crippen molar-refractivity contribution in [1.29, 1.82) is 0 Å². The number of fused-ring (bicyclic) bond motifs is 2. The molecule has 2 aromatic rings. The SMILES string of the molecule is CCCCCSC1=NN2C(=c3cc(Br)ccc3=NC2c2ccccc2F)C(=O)N1. The molecule has 0 saturated heterocycles. The Labute approximate surface area is 180 Å². The van der Waals surface area contributed by atoms with Crippen molar-refractivity contribution >= 4 is 44.5 Å². The molecule has 1 amide bonds. The third kappa shape index (κ3) is 4.09. The van der Waals surface area contributed by atoms with Crippen molar-refractivity contribution in [3.8, 4) is 0 Å². The minimum Gasteiger partial charge on any atom is -0.298 e. The fraction of sp³-hybridized carbons (Fsp3) is 0.286. The van der Waals surface area contributed by atoms with Crippen molar-refractivity contribution in [2.24, 2.45) is 10.1 Å². The van der Waals surface area contributed by atoms with E-state index in [0.717, 1.165) is 29.5 Å². The molecule has 5 nitrogen and oxygen atoms in total. The summed E-state index contributed by atoms with van der Waals surface area (Å²) in [7, 11) is 0. The molecule has 2 aromatic carbocycles. The van der Waals surface area contributed by atoms with Gasteiger partial charge in [-0.25, -0.2) is 9.40 Å². The van der Waals surface area contributed by atoms with Crippen molar-refractivity contribution in [3.63, 3.8) is 0 Å². The molecule has 150 valence electrons. The van der Waals surface area contributed by atoms with E-state index in [9.17, 15) is 9.18 Å². The average molecular weight is 475 g/mol. The van der Waals surface area contributed by atoms with Crippen LogP contribution in [0.2, 0.25) is 0 Å². The van der Waals surface area contributed by atoms with E-state index in [4.69, 9.17) is 4.99 Å². The van der Waals surface area contributed by atoms with Gasteiger partial charge in [-0.2, -0.15) is 0 Å². The van der Waals surface area contributed by atoms with Crippen LogP contribution in [-0.2, 0) is 4.79 Å². The van der Waals surface area contributed by atoms with Gasteiger partial charge in [0.25, 0.3) is 5.91 Å². The quantitative estimate of drug-likeness (QED) is 0.672. The van der Waals surface area contributed by atoms with Gasteiger partial charge in [0.05, 0.1) is 5.36 Å². The zero-order chi connectivity index (χ0) is 20.4. The van der Waals surface area contributed by atoms with E-state index in [0.29, 0.717) is 27.0 Å². The number of nitrogens with zero attached hydrogens (tertiary/aromatic N) is 3. The first-order valence-electron chi connectivity index (χ1n) is 9.52. The highest BCUT2D eigenvalue weighted by molar-refractivity contribution is 9.10. The first-order chi connectivity index (χ1) is 14.1. The van der Waals surface area contributed by atoms with Crippen molar-refractivity contribution < 1.29 is 9.18 Å². The number of benzene rings is 2. The lowest BCUT2D eigenvalue weighted by atomic mass is 10.1. The Morgan fingerprint density at radius 1 is 1.24 bits per heavy atom. The van der Waals surface area contributed by atoms with Crippen molar-refractivity contribution in [1.82, 2.24) is 10.3 Å². The zero-order valence-electron chi connectivity index (χ0n) is 15.9. The summed E-state index contributed by atoms with van der Waals surface area (Å²) in [5.74, 6) is 0.229. The van der Waals surface area contributed by atoms with Gasteiger partial charge in [-0.3, -0.25) is 15.1 Å². The number of hydrazone groups is 1. The molecule has 0 aromatic heterocycles. The highest BCUT2D eigenvalue weighted by Crippen LogP contribution is 2.32. The van der Waals surface area contributed by atoms with Crippen LogP contribution >= 0.6 is 27.7 Å². The van der Waals surface area contributed by atoms with Gasteiger partial charge in [0.15, 0.2) is 11.3 Å². The van der Waals surface area contributed by atoms with Crippen molar-refractivity contribution in [3.05, 3.63) is 68.9 Å². The standard InChI is InChI=1S/C21H20BrFN4OS/c1-2-3-6-11-29-21-25-20(28)18-15-12-13(22)9-10-17(15)24-19(27(18)26-21)14-7-4-5-8-16(14)23/h4-5,7-10,12,19H,2-3,6,11H2,1H3,(H,25,26,28). The Hall–Kier alpha value is -2.19. The van der Waals surface area contributed by atoms with E-state index in [-0.39, 0.29) is 11.7 Å². The normalized spacial score (nSPS) is 17.8. The number of hydrogen-bond donors (Lipinski definition) is 1. The maximum absolute atomic E-state index is 14.6. The highest BCUT2D eigenvalue weighted by Gasteiger charge is 2.35. The maximum atomic E-state index is 14.6. The fourth-order valence-corrected chi connectivity index (χ4v) is 4.54. The molecule has 8 heteroatoms. The van der Waals surface area contributed by atoms with E-state index in [1.807, 2.05) is 18.2 Å². The number of amides is 1. The topological polar surface area (TPSA) is 57.1 Å². The Morgan fingerprint density at radius 3 is 2.86 bits per heavy atom. The molecule has 1 unspecified atom stereocenters. The molecule has 2 aliphatic heterocycles. The summed E-state index contributed by atoms with van der Waals surface area (Å²) in [6.45, 7) is 2.15. The molecule has 2 heterocycles. The van der Waals surface area contributed by atoms with Crippen LogP contribution in [0, 0.1) is 5.82 Å². The highest BCUT2D eigenvalue weighted by atomic mass is 79.9. The predicted octanol–water partition coefficient (Wildman–Crippen LogP) is 3.65. The lowest BCUT2D eigenvalue weighted by Crippen LogP contribution is -2.50. The number of hydrogen-bond acceptors (Lipinski definition) is 5. The minimum atomic E-state index is -0.739. The van der Waals surface area contributed by atoms with Gasteiger partial charge in [-0.05, 0) is 30.7 Å². The van der Waals surface area contributed by atoms with E-state index in [1.54, 1.807) is 23.2 Å². The second-order valence-corrected chi connectivity index (χ2v) is 8.79. The molecule has 0 bridgehead atoms. The Kier molecular flexibility index (Phi) is 6.01. The third-order valence-electron chi connectivity index (χ3n) is 4.74. The summed E-state index contributed by atoms with van der Waals surface area (Å²) >= 11 is 4.96. The number of carbonyl (C=O) groups excluding carboxylic acids is 1. The van der Waals surface area contributed by atoms with Gasteiger partial charge >= 0.3 is 0 Å². The maximum Gasteiger partial charge on any atom is 0.276 e. The number of unbranched alkanes of at least 4 members (excludes halogenated alkanes) is 2. The third-order valence-corrected chi connectivity index (χ3v) is 6.18. The molecule has 0 fully saturated rings. The van der Waals surface area contributed by atoms with Gasteiger partial charge in [0.2, 0.25) is 0 Å². The van der Waals surface area contributed by atoms with E-state index in [2.05, 4.69) is 33.3 Å². The molecular weight excluding hydrogens is 455 g/mol. The van der Waals surface area contributed by atoms with Gasteiger partial charge in [-0.15, -0.1) is 5.10 Å². The lowest BCUT2D eigenvalue weighted by molar-refractivity contribution is -0.116. The average Bonchev–Trinajstić information content (AvgIpc) is 2.71. The van der Waals surface area contributed by atoms with Crippen LogP contribution in [0.3, 0.4) is 0 Å². The van der Waals surface area contributed by atoms with Crippen LogP contribution in [0.4, 0.5) is 4.39 Å². The number of amidine groups is 1. The van der Waals surface area contributed by atoms with Crippen LogP contribution in [0.1, 0.15) is 37.9 Å². The number of thioether (sulfide) groups is 1. The molecule has 1 atom stereocenters. The van der Waals surface area contributed by atoms with Crippen molar-refractivity contribution in [2.45, 2.75) is 32.4 Å². The van der Waals surface area contributed by atoms with Crippen molar-refractivity contribution in [2.75, 3.05) is 5.75 Å². The van der Waals surface area contributed by atoms with Crippen LogP contribution < -0.4 is 15.9 Å². The van der Waals surface area contributed by atoms with Crippen LogP contribution in [0.25, 0.3) is 5.70 Å². The molecular formula is C21H20BrFN4OS. The molecule has 0 aliphatic carbocycles. The second-order valence-electron chi connectivity index (χ2n) is 6.79. The number of rotatable bonds is 5. The second kappa shape index (κ2) is 8.67. The molecule has 0 radical (unpaired) electrons. The Balaban J connectivity index is 1.82. The summed E-state index contributed by atoms with van der Waals surface area (Å²) in [6.07, 6.45) is 2.56. The van der Waals surface area contributed by atoms with Crippen LogP contribution in [0.5, 0.6) is 0 Å². The largest absolute Gasteiger partial charge is 0.298 e. The summed E-state index contributed by atoms with van der Waals surface area (Å²) in [4.78, 5) is 17.8. The molecule has 1 N–H and O–H groups in total. The number of nitrogens with one attached hydrogen (secondary N) is 1. The lowest BCUT2D eigenvalue weighted by Gasteiger charge is -2.34. The van der Waals surface area contributed by atoms with E-state index < -0.39 is 6.17 Å². The summed E-state index contributed by atoms with van der Waals surface area (Å²) < 4.78 is 15.4. The first-order valence-corrected chi connectivity index (χ1v) is 11.3. The molecule has 4 rings (SSSR count). The van der Waals surface area contributed by atoms with Gasteiger partial charge in [-0.1, -0.05) is 65.7 Å². The predicted molar refractivity (Wildman–Crippen MR) is 117 cm³/mol. The number of halogens is 2. The van der Waals surface area contributed by atoms with Gasteiger partial charge in [0, 0.05) is 21.0 Å².